The van der Waals surface area contributed by atoms with Crippen molar-refractivity contribution in [1.29, 1.82) is 0 Å². The summed E-state index contributed by atoms with van der Waals surface area (Å²) in [5.74, 6) is 0.805. The van der Waals surface area contributed by atoms with Gasteiger partial charge < -0.3 is 5.11 Å². The Morgan fingerprint density at radius 3 is 2.76 bits per heavy atom. The Balaban J connectivity index is 1.61. The number of carboxylic acid groups (broad SMARTS) is 1. The summed E-state index contributed by atoms with van der Waals surface area (Å²) in [6.45, 7) is 0. The summed E-state index contributed by atoms with van der Waals surface area (Å²) < 4.78 is 1.88. The van der Waals surface area contributed by atoms with Crippen LogP contribution in [0, 0.1) is 5.41 Å². The van der Waals surface area contributed by atoms with Crippen LogP contribution in [-0.2, 0) is 11.2 Å². The molecule has 6 nitrogen and oxygen atoms in total. The van der Waals surface area contributed by atoms with Crippen LogP contribution in [0.3, 0.4) is 0 Å². The summed E-state index contributed by atoms with van der Waals surface area (Å²) in [7, 11) is 0. The molecule has 0 spiro atoms. The molecule has 0 unspecified atom stereocenters. The summed E-state index contributed by atoms with van der Waals surface area (Å²) in [5.41, 5.74) is -0.102. The fourth-order valence-electron chi connectivity index (χ4n) is 3.52. The van der Waals surface area contributed by atoms with Crippen molar-refractivity contribution in [3.63, 3.8) is 0 Å². The minimum atomic E-state index is -0.696. The Morgan fingerprint density at radius 1 is 1.33 bits per heavy atom. The normalized spacial score (nSPS) is 21.1. The smallest absolute Gasteiger partial charge is 0.303 e. The number of carboxylic acids is 1. The maximum Gasteiger partial charge on any atom is 0.303 e. The molecule has 2 aliphatic rings. The van der Waals surface area contributed by atoms with Crippen LogP contribution in [-0.4, -0.2) is 30.9 Å². The molecule has 0 amide bonds. The van der Waals surface area contributed by atoms with Gasteiger partial charge in [0.2, 0.25) is 4.96 Å². The van der Waals surface area contributed by atoms with Gasteiger partial charge >= 0.3 is 5.97 Å². The molecule has 2 aromatic rings. The van der Waals surface area contributed by atoms with E-state index in [1.165, 1.54) is 12.8 Å². The molecule has 2 fully saturated rings. The van der Waals surface area contributed by atoms with E-state index in [0.29, 0.717) is 5.92 Å². The number of nitrogens with zero attached hydrogens (tertiary/aromatic N) is 4. The van der Waals surface area contributed by atoms with E-state index in [1.54, 1.807) is 11.3 Å². The van der Waals surface area contributed by atoms with Crippen molar-refractivity contribution in [3.05, 3.63) is 10.8 Å². The highest BCUT2D eigenvalue weighted by atomic mass is 32.1. The van der Waals surface area contributed by atoms with E-state index in [0.717, 1.165) is 47.9 Å². The summed E-state index contributed by atoms with van der Waals surface area (Å²) in [4.78, 5) is 12.0. The van der Waals surface area contributed by atoms with E-state index in [2.05, 4.69) is 15.3 Å². The number of carbonyl (C=O) groups is 1. The van der Waals surface area contributed by atoms with E-state index >= 15 is 0 Å². The molecule has 2 saturated carbocycles. The summed E-state index contributed by atoms with van der Waals surface area (Å²) in [5, 5.41) is 23.3. The topological polar surface area (TPSA) is 80.4 Å². The van der Waals surface area contributed by atoms with E-state index in [1.807, 2.05) is 4.52 Å². The Hall–Kier alpha value is -1.50. The minimum absolute atomic E-state index is 0.102. The van der Waals surface area contributed by atoms with Crippen LogP contribution < -0.4 is 0 Å². The maximum absolute atomic E-state index is 11.2. The highest BCUT2D eigenvalue weighted by Crippen LogP contribution is 2.45. The Kier molecular flexibility index (Phi) is 2.99. The molecule has 0 aromatic carbocycles. The maximum atomic E-state index is 11.2. The highest BCUT2D eigenvalue weighted by molar-refractivity contribution is 7.16. The van der Waals surface area contributed by atoms with Crippen molar-refractivity contribution in [1.82, 2.24) is 19.8 Å². The molecule has 0 aliphatic heterocycles. The summed E-state index contributed by atoms with van der Waals surface area (Å²) >= 11 is 1.56. The van der Waals surface area contributed by atoms with Crippen molar-refractivity contribution in [2.75, 3.05) is 0 Å². The number of hydrogen-bond donors (Lipinski definition) is 1. The molecule has 2 aliphatic carbocycles. The quantitative estimate of drug-likeness (QED) is 0.918. The molecule has 7 heteroatoms. The van der Waals surface area contributed by atoms with E-state index < -0.39 is 5.97 Å². The highest BCUT2D eigenvalue weighted by Gasteiger charge is 2.37. The first kappa shape index (κ1) is 13.2. The first-order valence-electron chi connectivity index (χ1n) is 7.58. The molecule has 2 aromatic heterocycles. The molecular weight excluding hydrogens is 288 g/mol. The second-order valence-corrected chi connectivity index (χ2v) is 7.52. The second kappa shape index (κ2) is 4.76. The largest absolute Gasteiger partial charge is 0.481 e. The van der Waals surface area contributed by atoms with Crippen molar-refractivity contribution in [2.24, 2.45) is 5.41 Å². The average molecular weight is 306 g/mol. The molecule has 2 heterocycles. The van der Waals surface area contributed by atoms with Gasteiger partial charge in [-0.15, -0.1) is 10.2 Å². The number of aromatic nitrogens is 4. The van der Waals surface area contributed by atoms with Gasteiger partial charge in [-0.3, -0.25) is 4.79 Å². The lowest BCUT2D eigenvalue weighted by Gasteiger charge is -2.25. The van der Waals surface area contributed by atoms with Gasteiger partial charge in [0.1, 0.15) is 5.01 Å². The molecule has 0 saturated heterocycles. The molecule has 21 heavy (non-hydrogen) atoms. The lowest BCUT2D eigenvalue weighted by Crippen LogP contribution is -2.23. The van der Waals surface area contributed by atoms with Gasteiger partial charge in [-0.25, -0.2) is 0 Å². The monoisotopic (exact) mass is 306 g/mol. The predicted molar refractivity (Wildman–Crippen MR) is 77.5 cm³/mol. The molecule has 0 radical (unpaired) electrons. The minimum Gasteiger partial charge on any atom is -0.481 e. The van der Waals surface area contributed by atoms with Gasteiger partial charge in [0, 0.05) is 12.3 Å². The summed E-state index contributed by atoms with van der Waals surface area (Å²) in [6, 6.07) is 0. The van der Waals surface area contributed by atoms with Crippen LogP contribution in [0.1, 0.15) is 61.7 Å². The fourth-order valence-corrected chi connectivity index (χ4v) is 4.54. The SMILES string of the molecule is O=C(O)CC1(Cc2nn3c(C4CC4)nnc3s2)CCCC1. The molecule has 0 bridgehead atoms. The number of hydrogen-bond acceptors (Lipinski definition) is 5. The lowest BCUT2D eigenvalue weighted by molar-refractivity contribution is -0.139. The molecule has 4 rings (SSSR count). The van der Waals surface area contributed by atoms with Crippen LogP contribution in [0.5, 0.6) is 0 Å². The first-order chi connectivity index (χ1) is 10.2. The average Bonchev–Trinajstić information content (AvgIpc) is 2.85. The zero-order chi connectivity index (χ0) is 14.4. The van der Waals surface area contributed by atoms with Gasteiger partial charge in [-0.2, -0.15) is 9.61 Å². The van der Waals surface area contributed by atoms with Gasteiger partial charge in [0.05, 0.1) is 6.42 Å². The van der Waals surface area contributed by atoms with Gasteiger partial charge in [-0.05, 0) is 31.1 Å². The fraction of sp³-hybridized carbons (Fsp3) is 0.714. The van der Waals surface area contributed by atoms with Crippen molar-refractivity contribution in [2.45, 2.75) is 57.3 Å². The third-order valence-electron chi connectivity index (χ3n) is 4.72. The van der Waals surface area contributed by atoms with E-state index in [9.17, 15) is 9.90 Å². The van der Waals surface area contributed by atoms with Crippen molar-refractivity contribution in [3.8, 4) is 0 Å². The van der Waals surface area contributed by atoms with E-state index in [4.69, 9.17) is 0 Å². The number of fused-ring (bicyclic) bond motifs is 1. The van der Waals surface area contributed by atoms with Crippen LogP contribution in [0.4, 0.5) is 0 Å². The lowest BCUT2D eigenvalue weighted by atomic mass is 9.80. The molecule has 1 N–H and O–H groups in total. The standard InChI is InChI=1S/C14H18N4O2S/c19-11(20)8-14(5-1-2-6-14)7-10-17-18-12(9-3-4-9)15-16-13(18)21-10/h9H,1-8H2,(H,19,20). The second-order valence-electron chi connectivity index (χ2n) is 6.48. The molecular formula is C14H18N4O2S. The first-order valence-corrected chi connectivity index (χ1v) is 8.40. The van der Waals surface area contributed by atoms with Crippen LogP contribution >= 0.6 is 11.3 Å². The van der Waals surface area contributed by atoms with Gasteiger partial charge in [-0.1, -0.05) is 24.2 Å². The molecule has 0 atom stereocenters. The third kappa shape index (κ3) is 2.43. The Bertz CT molecular complexity index is 682. The number of rotatable bonds is 5. The number of aliphatic carboxylic acids is 1. The van der Waals surface area contributed by atoms with Crippen molar-refractivity contribution < 1.29 is 9.90 Å². The van der Waals surface area contributed by atoms with E-state index in [-0.39, 0.29) is 11.8 Å². The Morgan fingerprint density at radius 2 is 2.10 bits per heavy atom. The molecule has 112 valence electrons. The zero-order valence-corrected chi connectivity index (χ0v) is 12.6. The van der Waals surface area contributed by atoms with Crippen LogP contribution in [0.25, 0.3) is 4.96 Å². The zero-order valence-electron chi connectivity index (χ0n) is 11.8. The van der Waals surface area contributed by atoms with Crippen LogP contribution in [0.2, 0.25) is 0 Å². The Labute approximate surface area is 126 Å². The van der Waals surface area contributed by atoms with Gasteiger partial charge in [0.15, 0.2) is 5.82 Å². The third-order valence-corrected chi connectivity index (χ3v) is 5.61. The predicted octanol–water partition coefficient (Wildman–Crippen LogP) is 2.64. The van der Waals surface area contributed by atoms with Crippen LogP contribution in [0.15, 0.2) is 0 Å². The van der Waals surface area contributed by atoms with Crippen molar-refractivity contribution >= 4 is 22.3 Å². The van der Waals surface area contributed by atoms with Gasteiger partial charge in [0.25, 0.3) is 0 Å². The summed E-state index contributed by atoms with van der Waals surface area (Å²) in [6.07, 6.45) is 7.62.